The Hall–Kier alpha value is -2.19. The van der Waals surface area contributed by atoms with E-state index in [0.717, 1.165) is 19.3 Å². The molecule has 0 radical (unpaired) electrons. The highest BCUT2D eigenvalue weighted by Gasteiger charge is 2.40. The number of nitrogens with one attached hydrogen (secondary N) is 1. The van der Waals surface area contributed by atoms with Crippen LogP contribution in [0.15, 0.2) is 18.2 Å². The summed E-state index contributed by atoms with van der Waals surface area (Å²) in [5.41, 5.74) is 0.859. The third kappa shape index (κ3) is 4.23. The normalized spacial score (nSPS) is 26.4. The minimum Gasteiger partial charge on any atom is -0.366 e. The van der Waals surface area contributed by atoms with E-state index in [9.17, 15) is 14.9 Å². The Balaban J connectivity index is 1.48. The molecular formula is C21H29N3O5. The van der Waals surface area contributed by atoms with Crippen molar-refractivity contribution in [2.75, 3.05) is 31.2 Å². The van der Waals surface area contributed by atoms with Gasteiger partial charge in [-0.05, 0) is 30.9 Å². The van der Waals surface area contributed by atoms with Gasteiger partial charge in [0.05, 0.1) is 18.1 Å². The summed E-state index contributed by atoms with van der Waals surface area (Å²) in [7, 11) is 0. The van der Waals surface area contributed by atoms with Gasteiger partial charge in [-0.1, -0.05) is 19.8 Å². The fourth-order valence-corrected chi connectivity index (χ4v) is 4.73. The summed E-state index contributed by atoms with van der Waals surface area (Å²) in [5.74, 6) is -0.326. The predicted molar refractivity (Wildman–Crippen MR) is 108 cm³/mol. The molecule has 2 heterocycles. The van der Waals surface area contributed by atoms with E-state index >= 15 is 0 Å². The van der Waals surface area contributed by atoms with Crippen LogP contribution in [0, 0.1) is 16.0 Å². The molecule has 1 saturated carbocycles. The molecule has 2 aliphatic heterocycles. The fraction of sp³-hybridized carbons (Fsp3) is 0.667. The maximum absolute atomic E-state index is 12.7. The van der Waals surface area contributed by atoms with Crippen LogP contribution < -0.4 is 10.2 Å². The molecule has 8 heteroatoms. The first kappa shape index (κ1) is 20.1. The minimum atomic E-state index is -0.526. The van der Waals surface area contributed by atoms with Crippen molar-refractivity contribution in [2.45, 2.75) is 57.3 Å². The number of ether oxygens (including phenoxy) is 2. The lowest BCUT2D eigenvalue weighted by Gasteiger charge is -2.38. The molecule has 4 rings (SSSR count). The van der Waals surface area contributed by atoms with Gasteiger partial charge >= 0.3 is 0 Å². The third-order valence-corrected chi connectivity index (χ3v) is 6.54. The minimum absolute atomic E-state index is 0.0291. The molecule has 1 aromatic carbocycles. The van der Waals surface area contributed by atoms with Crippen LogP contribution in [0.3, 0.4) is 0 Å². The van der Waals surface area contributed by atoms with Crippen molar-refractivity contribution in [1.29, 1.82) is 0 Å². The predicted octanol–water partition coefficient (Wildman–Crippen LogP) is 3.25. The topological polar surface area (TPSA) is 93.9 Å². The summed E-state index contributed by atoms with van der Waals surface area (Å²) in [6, 6.07) is 4.94. The van der Waals surface area contributed by atoms with Gasteiger partial charge in [-0.2, -0.15) is 0 Å². The number of carbonyl (C=O) groups is 1. The van der Waals surface area contributed by atoms with Crippen LogP contribution in [0.1, 0.15) is 55.8 Å². The van der Waals surface area contributed by atoms with Crippen molar-refractivity contribution in [2.24, 2.45) is 5.92 Å². The van der Waals surface area contributed by atoms with E-state index in [-0.39, 0.29) is 17.6 Å². The Morgan fingerprint density at radius 3 is 2.55 bits per heavy atom. The van der Waals surface area contributed by atoms with Crippen LogP contribution >= 0.6 is 0 Å². The first-order valence-electron chi connectivity index (χ1n) is 10.6. The van der Waals surface area contributed by atoms with Crippen molar-refractivity contribution in [1.82, 2.24) is 5.32 Å². The molecule has 0 unspecified atom stereocenters. The second kappa shape index (κ2) is 8.28. The largest absolute Gasteiger partial charge is 0.366 e. The highest BCUT2D eigenvalue weighted by Crippen LogP contribution is 2.37. The molecule has 1 aromatic rings. The Morgan fingerprint density at radius 2 is 1.90 bits per heavy atom. The zero-order chi connectivity index (χ0) is 20.4. The number of hydrogen-bond donors (Lipinski definition) is 1. The van der Waals surface area contributed by atoms with Gasteiger partial charge in [-0.3, -0.25) is 14.9 Å². The van der Waals surface area contributed by atoms with Gasteiger partial charge in [0.1, 0.15) is 5.69 Å². The van der Waals surface area contributed by atoms with Gasteiger partial charge in [0.15, 0.2) is 5.79 Å². The Labute approximate surface area is 170 Å². The Kier molecular flexibility index (Phi) is 5.74. The molecule has 1 aliphatic carbocycles. The van der Waals surface area contributed by atoms with Crippen molar-refractivity contribution in [3.05, 3.63) is 33.9 Å². The van der Waals surface area contributed by atoms with Gasteiger partial charge in [-0.25, -0.2) is 0 Å². The number of anilines is 1. The molecule has 2 saturated heterocycles. The number of nitrogens with zero attached hydrogens (tertiary/aromatic N) is 2. The van der Waals surface area contributed by atoms with E-state index < -0.39 is 10.7 Å². The van der Waals surface area contributed by atoms with Crippen LogP contribution in [0.25, 0.3) is 0 Å². The molecule has 3 aliphatic rings. The smallest absolute Gasteiger partial charge is 0.293 e. The standard InChI is InChI=1S/C21H29N3O5/c1-15-4-2-3-5-17(15)22-20(25)16-6-7-18(19(14-16)24(26)27)23-10-8-21(9-11-23)28-12-13-29-21/h6-7,14-15,17H,2-5,8-13H2,1H3,(H,22,25)/t15-,17+/m0/s1. The summed E-state index contributed by atoms with van der Waals surface area (Å²) in [5, 5.41) is 14.8. The van der Waals surface area contributed by atoms with E-state index in [1.807, 2.05) is 4.90 Å². The molecule has 1 amide bonds. The van der Waals surface area contributed by atoms with Crippen molar-refractivity contribution >= 4 is 17.3 Å². The Morgan fingerprint density at radius 1 is 1.21 bits per heavy atom. The number of nitro benzene ring substituents is 1. The number of benzene rings is 1. The zero-order valence-corrected chi connectivity index (χ0v) is 16.9. The third-order valence-electron chi connectivity index (χ3n) is 6.54. The Bertz CT molecular complexity index is 768. The first-order chi connectivity index (χ1) is 14.0. The molecule has 158 valence electrons. The van der Waals surface area contributed by atoms with Crippen LogP contribution in [0.5, 0.6) is 0 Å². The first-order valence-corrected chi connectivity index (χ1v) is 10.6. The molecule has 1 spiro atoms. The van der Waals surface area contributed by atoms with E-state index in [1.54, 1.807) is 12.1 Å². The summed E-state index contributed by atoms with van der Waals surface area (Å²) < 4.78 is 11.5. The van der Waals surface area contributed by atoms with E-state index in [2.05, 4.69) is 12.2 Å². The van der Waals surface area contributed by atoms with Crippen LogP contribution in [0.2, 0.25) is 0 Å². The summed E-state index contributed by atoms with van der Waals surface area (Å²) in [6.45, 7) is 4.58. The highest BCUT2D eigenvalue weighted by molar-refractivity contribution is 5.96. The molecule has 8 nitrogen and oxygen atoms in total. The maximum Gasteiger partial charge on any atom is 0.293 e. The highest BCUT2D eigenvalue weighted by atomic mass is 16.7. The van der Waals surface area contributed by atoms with Gasteiger partial charge in [0.2, 0.25) is 0 Å². The summed E-state index contributed by atoms with van der Waals surface area (Å²) in [6.07, 6.45) is 5.72. The summed E-state index contributed by atoms with van der Waals surface area (Å²) >= 11 is 0. The SMILES string of the molecule is C[C@H]1CCCC[C@H]1NC(=O)c1ccc(N2CCC3(CC2)OCCO3)c([N+](=O)[O-])c1. The lowest BCUT2D eigenvalue weighted by molar-refractivity contribution is -0.384. The van der Waals surface area contributed by atoms with Gasteiger partial charge < -0.3 is 19.7 Å². The van der Waals surface area contributed by atoms with Crippen molar-refractivity contribution in [3.8, 4) is 0 Å². The lowest BCUT2D eigenvalue weighted by Crippen LogP contribution is -2.45. The van der Waals surface area contributed by atoms with E-state index in [1.165, 1.54) is 12.5 Å². The number of carbonyl (C=O) groups excluding carboxylic acids is 1. The molecule has 29 heavy (non-hydrogen) atoms. The monoisotopic (exact) mass is 403 g/mol. The molecular weight excluding hydrogens is 374 g/mol. The second-order valence-electron chi connectivity index (χ2n) is 8.40. The van der Waals surface area contributed by atoms with Crippen LogP contribution in [-0.4, -0.2) is 49.0 Å². The average Bonchev–Trinajstić information content (AvgIpc) is 3.18. The van der Waals surface area contributed by atoms with Gasteiger partial charge in [-0.15, -0.1) is 0 Å². The molecule has 1 N–H and O–H groups in total. The second-order valence-corrected chi connectivity index (χ2v) is 8.40. The van der Waals surface area contributed by atoms with Crippen LogP contribution in [0.4, 0.5) is 11.4 Å². The molecule has 3 fully saturated rings. The fourth-order valence-electron chi connectivity index (χ4n) is 4.73. The number of nitro groups is 1. The van der Waals surface area contributed by atoms with Crippen molar-refractivity contribution < 1.29 is 19.2 Å². The summed E-state index contributed by atoms with van der Waals surface area (Å²) in [4.78, 5) is 26.0. The quantitative estimate of drug-likeness (QED) is 0.613. The number of hydrogen-bond acceptors (Lipinski definition) is 6. The molecule has 0 bridgehead atoms. The van der Waals surface area contributed by atoms with Crippen molar-refractivity contribution in [3.63, 3.8) is 0 Å². The van der Waals surface area contributed by atoms with E-state index in [0.29, 0.717) is 56.3 Å². The van der Waals surface area contributed by atoms with E-state index in [4.69, 9.17) is 9.47 Å². The number of rotatable bonds is 4. The van der Waals surface area contributed by atoms with Gasteiger partial charge in [0, 0.05) is 43.6 Å². The van der Waals surface area contributed by atoms with Crippen LogP contribution in [-0.2, 0) is 9.47 Å². The molecule has 2 atom stereocenters. The number of amides is 1. The zero-order valence-electron chi connectivity index (χ0n) is 16.9. The molecule has 0 aromatic heterocycles. The lowest BCUT2D eigenvalue weighted by atomic mass is 9.86. The van der Waals surface area contributed by atoms with Gasteiger partial charge in [0.25, 0.3) is 11.6 Å². The average molecular weight is 403 g/mol. The number of piperidine rings is 1. The maximum atomic E-state index is 12.7.